The number of benzene rings is 2. The van der Waals surface area contributed by atoms with Crippen molar-refractivity contribution in [2.75, 3.05) is 11.5 Å². The zero-order valence-corrected chi connectivity index (χ0v) is 15.9. The molecule has 1 aliphatic heterocycles. The SMILES string of the molecule is C[C@H](Oc1ccccc1F)C(=O)N(Cc1ccccc1)[C@H]1CCS(=O)(=O)C1. The second kappa shape index (κ2) is 8.08. The minimum absolute atomic E-state index is 0.00273. The molecule has 1 fully saturated rings. The molecular weight excluding hydrogens is 369 g/mol. The molecule has 0 radical (unpaired) electrons. The van der Waals surface area contributed by atoms with Gasteiger partial charge in [-0.3, -0.25) is 4.79 Å². The molecule has 2 atom stereocenters. The molecule has 1 saturated heterocycles. The van der Waals surface area contributed by atoms with Crippen molar-refractivity contribution in [3.8, 4) is 5.75 Å². The van der Waals surface area contributed by atoms with Crippen LogP contribution >= 0.6 is 0 Å². The molecule has 3 rings (SSSR count). The number of carbonyl (C=O) groups excluding carboxylic acids is 1. The summed E-state index contributed by atoms with van der Waals surface area (Å²) in [6.07, 6.45) is -0.540. The minimum Gasteiger partial charge on any atom is -0.478 e. The first kappa shape index (κ1) is 19.4. The first-order chi connectivity index (χ1) is 12.9. The van der Waals surface area contributed by atoms with Gasteiger partial charge in [0.2, 0.25) is 0 Å². The van der Waals surface area contributed by atoms with Crippen LogP contribution in [0.25, 0.3) is 0 Å². The van der Waals surface area contributed by atoms with Gasteiger partial charge in [0.05, 0.1) is 11.5 Å². The van der Waals surface area contributed by atoms with Gasteiger partial charge in [-0.2, -0.15) is 0 Å². The van der Waals surface area contributed by atoms with E-state index in [2.05, 4.69) is 0 Å². The van der Waals surface area contributed by atoms with Crippen molar-refractivity contribution in [3.63, 3.8) is 0 Å². The van der Waals surface area contributed by atoms with Crippen molar-refractivity contribution in [1.82, 2.24) is 4.90 Å². The molecule has 27 heavy (non-hydrogen) atoms. The summed E-state index contributed by atoms with van der Waals surface area (Å²) in [4.78, 5) is 14.6. The molecule has 0 aromatic heterocycles. The topological polar surface area (TPSA) is 63.7 Å². The summed E-state index contributed by atoms with van der Waals surface area (Å²) in [5.74, 6) is -0.895. The lowest BCUT2D eigenvalue weighted by Crippen LogP contribution is -2.46. The van der Waals surface area contributed by atoms with Crippen molar-refractivity contribution in [1.29, 1.82) is 0 Å². The van der Waals surface area contributed by atoms with Crippen molar-refractivity contribution < 1.29 is 22.3 Å². The Hall–Kier alpha value is -2.41. The summed E-state index contributed by atoms with van der Waals surface area (Å²) in [6.45, 7) is 1.83. The van der Waals surface area contributed by atoms with Crippen LogP contribution < -0.4 is 4.74 Å². The minimum atomic E-state index is -3.15. The highest BCUT2D eigenvalue weighted by atomic mass is 32.2. The number of para-hydroxylation sites is 1. The van der Waals surface area contributed by atoms with E-state index in [1.54, 1.807) is 24.0 Å². The lowest BCUT2D eigenvalue weighted by atomic mass is 10.1. The summed E-state index contributed by atoms with van der Waals surface area (Å²) in [6, 6.07) is 14.8. The Labute approximate surface area is 158 Å². The number of nitrogens with zero attached hydrogens (tertiary/aromatic N) is 1. The largest absolute Gasteiger partial charge is 0.478 e. The summed E-state index contributed by atoms with van der Waals surface area (Å²) in [5, 5.41) is 0. The predicted molar refractivity (Wildman–Crippen MR) is 101 cm³/mol. The van der Waals surface area contributed by atoms with Gasteiger partial charge in [-0.15, -0.1) is 0 Å². The standard InChI is InChI=1S/C20H22FNO4S/c1-15(26-19-10-6-5-9-18(19)21)20(23)22(13-16-7-3-2-4-8-16)17-11-12-27(24,25)14-17/h2-10,15,17H,11-14H2,1H3/t15-,17-/m0/s1. The molecule has 2 aromatic carbocycles. The van der Waals surface area contributed by atoms with E-state index in [9.17, 15) is 17.6 Å². The van der Waals surface area contributed by atoms with Crippen molar-refractivity contribution in [2.24, 2.45) is 0 Å². The highest BCUT2D eigenvalue weighted by Crippen LogP contribution is 2.23. The number of hydrogen-bond acceptors (Lipinski definition) is 4. The monoisotopic (exact) mass is 391 g/mol. The van der Waals surface area contributed by atoms with E-state index in [0.717, 1.165) is 5.56 Å². The number of sulfone groups is 1. The molecule has 0 aliphatic carbocycles. The van der Waals surface area contributed by atoms with Gasteiger partial charge in [0, 0.05) is 12.6 Å². The molecule has 0 spiro atoms. The van der Waals surface area contributed by atoms with E-state index in [4.69, 9.17) is 4.74 Å². The van der Waals surface area contributed by atoms with Gasteiger partial charge in [0.25, 0.3) is 5.91 Å². The summed E-state index contributed by atoms with van der Waals surface area (Å²) >= 11 is 0. The Balaban J connectivity index is 1.80. The molecule has 1 aliphatic rings. The molecule has 1 amide bonds. The highest BCUT2D eigenvalue weighted by Gasteiger charge is 2.36. The summed E-state index contributed by atoms with van der Waals surface area (Å²) < 4.78 is 43.2. The molecule has 7 heteroatoms. The third-order valence-electron chi connectivity index (χ3n) is 4.62. The van der Waals surface area contributed by atoms with Gasteiger partial charge in [0.15, 0.2) is 27.5 Å². The second-order valence-electron chi connectivity index (χ2n) is 6.70. The van der Waals surface area contributed by atoms with Gasteiger partial charge in [-0.1, -0.05) is 42.5 Å². The molecule has 1 heterocycles. The molecule has 5 nitrogen and oxygen atoms in total. The third kappa shape index (κ3) is 4.86. The summed E-state index contributed by atoms with van der Waals surface area (Å²) in [5.41, 5.74) is 0.897. The van der Waals surface area contributed by atoms with E-state index in [1.807, 2.05) is 30.3 Å². The zero-order valence-electron chi connectivity index (χ0n) is 15.0. The first-order valence-electron chi connectivity index (χ1n) is 8.82. The maximum absolute atomic E-state index is 13.8. The van der Waals surface area contributed by atoms with Crippen LogP contribution in [-0.4, -0.2) is 42.9 Å². The van der Waals surface area contributed by atoms with E-state index in [1.165, 1.54) is 12.1 Å². The fourth-order valence-corrected chi connectivity index (χ4v) is 4.93. The van der Waals surface area contributed by atoms with Crippen LogP contribution in [0.15, 0.2) is 54.6 Å². The number of amides is 1. The van der Waals surface area contributed by atoms with Crippen LogP contribution in [0, 0.1) is 5.82 Å². The molecule has 0 N–H and O–H groups in total. The third-order valence-corrected chi connectivity index (χ3v) is 6.37. The number of hydrogen-bond donors (Lipinski definition) is 0. The second-order valence-corrected chi connectivity index (χ2v) is 8.93. The maximum Gasteiger partial charge on any atom is 0.263 e. The molecule has 0 unspecified atom stereocenters. The fourth-order valence-electron chi connectivity index (χ4n) is 3.20. The number of halogens is 1. The van der Waals surface area contributed by atoms with Gasteiger partial charge >= 0.3 is 0 Å². The Bertz CT molecular complexity index is 901. The van der Waals surface area contributed by atoms with Gasteiger partial charge in [-0.25, -0.2) is 12.8 Å². The quantitative estimate of drug-likeness (QED) is 0.760. The Morgan fingerprint density at radius 2 is 1.85 bits per heavy atom. The maximum atomic E-state index is 13.8. The molecule has 0 bridgehead atoms. The van der Waals surface area contributed by atoms with Gasteiger partial charge < -0.3 is 9.64 Å². The highest BCUT2D eigenvalue weighted by molar-refractivity contribution is 7.91. The average Bonchev–Trinajstić information content (AvgIpc) is 3.01. The average molecular weight is 391 g/mol. The van der Waals surface area contributed by atoms with Crippen LogP contribution in [0.1, 0.15) is 18.9 Å². The van der Waals surface area contributed by atoms with Crippen LogP contribution in [0.3, 0.4) is 0 Å². The molecule has 2 aromatic rings. The van der Waals surface area contributed by atoms with Crippen molar-refractivity contribution in [2.45, 2.75) is 32.0 Å². The van der Waals surface area contributed by atoms with Crippen molar-refractivity contribution in [3.05, 3.63) is 66.0 Å². The Kier molecular flexibility index (Phi) is 5.79. The van der Waals surface area contributed by atoms with Crippen LogP contribution in [0.5, 0.6) is 5.75 Å². The van der Waals surface area contributed by atoms with Crippen molar-refractivity contribution >= 4 is 15.7 Å². The number of ether oxygens (including phenoxy) is 1. The fraction of sp³-hybridized carbons (Fsp3) is 0.350. The first-order valence-corrected chi connectivity index (χ1v) is 10.6. The Morgan fingerprint density at radius 1 is 1.19 bits per heavy atom. The molecule has 0 saturated carbocycles. The number of carbonyl (C=O) groups is 1. The van der Waals surface area contributed by atoms with E-state index < -0.39 is 27.8 Å². The Morgan fingerprint density at radius 3 is 2.48 bits per heavy atom. The normalized spacial score (nSPS) is 19.4. The van der Waals surface area contributed by atoms with Crippen LogP contribution in [0.4, 0.5) is 4.39 Å². The van der Waals surface area contributed by atoms with E-state index in [0.29, 0.717) is 6.42 Å². The van der Waals surface area contributed by atoms with E-state index in [-0.39, 0.29) is 29.7 Å². The van der Waals surface area contributed by atoms with E-state index >= 15 is 0 Å². The lowest BCUT2D eigenvalue weighted by molar-refractivity contribution is -0.140. The zero-order chi connectivity index (χ0) is 19.4. The lowest BCUT2D eigenvalue weighted by Gasteiger charge is -2.31. The van der Waals surface area contributed by atoms with Gasteiger partial charge in [0.1, 0.15) is 0 Å². The van der Waals surface area contributed by atoms with Crippen LogP contribution in [0.2, 0.25) is 0 Å². The van der Waals surface area contributed by atoms with Gasteiger partial charge in [-0.05, 0) is 31.0 Å². The molecular formula is C20H22FNO4S. The number of rotatable bonds is 6. The predicted octanol–water partition coefficient (Wildman–Crippen LogP) is 2.81. The summed E-state index contributed by atoms with van der Waals surface area (Å²) in [7, 11) is -3.15. The molecule has 144 valence electrons. The van der Waals surface area contributed by atoms with Crippen LogP contribution in [-0.2, 0) is 21.2 Å². The smallest absolute Gasteiger partial charge is 0.263 e.